The number of carboxylic acids is 1. The summed E-state index contributed by atoms with van der Waals surface area (Å²) in [6, 6.07) is 0. The van der Waals surface area contributed by atoms with Crippen LogP contribution in [0.5, 0.6) is 0 Å². The van der Waals surface area contributed by atoms with Crippen molar-refractivity contribution in [3.63, 3.8) is 0 Å². The third-order valence-corrected chi connectivity index (χ3v) is 3.90. The lowest BCUT2D eigenvalue weighted by atomic mass is 10.1. The van der Waals surface area contributed by atoms with Crippen LogP contribution in [0.2, 0.25) is 0 Å². The van der Waals surface area contributed by atoms with Gasteiger partial charge in [0.1, 0.15) is 11.1 Å². The van der Waals surface area contributed by atoms with Crippen LogP contribution in [0.15, 0.2) is 0 Å². The second-order valence-corrected chi connectivity index (χ2v) is 6.55. The van der Waals surface area contributed by atoms with E-state index in [1.54, 1.807) is 6.92 Å². The molecule has 6 nitrogen and oxygen atoms in total. The van der Waals surface area contributed by atoms with E-state index >= 15 is 0 Å². The molecule has 1 rings (SSSR count). The zero-order valence-electron chi connectivity index (χ0n) is 12.8. The van der Waals surface area contributed by atoms with Crippen molar-refractivity contribution < 1.29 is 19.4 Å². The maximum Gasteiger partial charge on any atom is 0.407 e. The van der Waals surface area contributed by atoms with Crippen LogP contribution in [0.1, 0.15) is 42.8 Å². The molecule has 2 N–H and O–H groups in total. The fourth-order valence-corrected chi connectivity index (χ4v) is 2.95. The highest BCUT2D eigenvalue weighted by molar-refractivity contribution is 7.11. The third kappa shape index (κ3) is 6.57. The molecular weight excluding hydrogens is 292 g/mol. The van der Waals surface area contributed by atoms with Gasteiger partial charge in [-0.2, -0.15) is 0 Å². The maximum absolute atomic E-state index is 11.6. The Bertz CT molecular complexity index is 499. The number of rotatable bonds is 7. The Balaban J connectivity index is 2.44. The number of aliphatic carboxylic acids is 1. The van der Waals surface area contributed by atoms with Crippen molar-refractivity contribution >= 4 is 23.4 Å². The molecular formula is C14H22N2O4S. The summed E-state index contributed by atoms with van der Waals surface area (Å²) in [7, 11) is 0. The average Bonchev–Trinajstić information content (AvgIpc) is 2.65. The number of carbonyl (C=O) groups is 2. The van der Waals surface area contributed by atoms with Crippen LogP contribution < -0.4 is 5.32 Å². The molecule has 0 aliphatic heterocycles. The first-order chi connectivity index (χ1) is 9.77. The Morgan fingerprint density at radius 2 is 2.05 bits per heavy atom. The van der Waals surface area contributed by atoms with Crippen molar-refractivity contribution in [2.45, 2.75) is 53.2 Å². The van der Waals surface area contributed by atoms with Crippen LogP contribution in [0.25, 0.3) is 0 Å². The SMILES string of the molecule is Cc1nc(CNC(=O)OC(C)CC(C)C)sc1CC(=O)O. The van der Waals surface area contributed by atoms with E-state index < -0.39 is 12.1 Å². The van der Waals surface area contributed by atoms with Gasteiger partial charge in [-0.1, -0.05) is 13.8 Å². The number of aromatic nitrogens is 1. The monoisotopic (exact) mass is 314 g/mol. The molecule has 0 aliphatic rings. The minimum Gasteiger partial charge on any atom is -0.481 e. The quantitative estimate of drug-likeness (QED) is 0.808. The number of nitrogens with one attached hydrogen (secondary N) is 1. The molecule has 0 radical (unpaired) electrons. The molecule has 0 saturated heterocycles. The number of amides is 1. The highest BCUT2D eigenvalue weighted by Crippen LogP contribution is 2.18. The van der Waals surface area contributed by atoms with Crippen LogP contribution in [0, 0.1) is 12.8 Å². The van der Waals surface area contributed by atoms with Crippen LogP contribution in [-0.2, 0) is 22.5 Å². The van der Waals surface area contributed by atoms with Crippen LogP contribution in [-0.4, -0.2) is 28.3 Å². The van der Waals surface area contributed by atoms with Gasteiger partial charge in [0.05, 0.1) is 18.7 Å². The van der Waals surface area contributed by atoms with Gasteiger partial charge in [0.2, 0.25) is 0 Å². The molecule has 0 saturated carbocycles. The lowest BCUT2D eigenvalue weighted by molar-refractivity contribution is -0.136. The van der Waals surface area contributed by atoms with Crippen LogP contribution in [0.4, 0.5) is 4.79 Å². The summed E-state index contributed by atoms with van der Waals surface area (Å²) >= 11 is 1.30. The zero-order chi connectivity index (χ0) is 16.0. The number of aryl methyl sites for hydroxylation is 1. The van der Waals surface area contributed by atoms with Crippen LogP contribution >= 0.6 is 11.3 Å². The zero-order valence-corrected chi connectivity index (χ0v) is 13.6. The summed E-state index contributed by atoms with van der Waals surface area (Å²) in [6.45, 7) is 8.01. The number of nitrogens with zero attached hydrogens (tertiary/aromatic N) is 1. The van der Waals surface area contributed by atoms with Crippen molar-refractivity contribution in [2.75, 3.05) is 0 Å². The number of hydrogen-bond acceptors (Lipinski definition) is 5. The van der Waals surface area contributed by atoms with Crippen molar-refractivity contribution in [1.29, 1.82) is 0 Å². The second-order valence-electron chi connectivity index (χ2n) is 5.39. The Morgan fingerprint density at radius 1 is 1.38 bits per heavy atom. The number of carbonyl (C=O) groups excluding carboxylic acids is 1. The van der Waals surface area contributed by atoms with Gasteiger partial charge in [-0.3, -0.25) is 4.79 Å². The van der Waals surface area contributed by atoms with E-state index in [1.165, 1.54) is 11.3 Å². The van der Waals surface area contributed by atoms with E-state index in [2.05, 4.69) is 24.1 Å². The number of hydrogen-bond donors (Lipinski definition) is 2. The first-order valence-corrected chi connectivity index (χ1v) is 7.71. The molecule has 0 aromatic carbocycles. The normalized spacial score (nSPS) is 12.2. The molecule has 1 aromatic heterocycles. The topological polar surface area (TPSA) is 88.5 Å². The molecule has 1 aromatic rings. The highest BCUT2D eigenvalue weighted by atomic mass is 32.1. The van der Waals surface area contributed by atoms with E-state index in [4.69, 9.17) is 9.84 Å². The Morgan fingerprint density at radius 3 is 2.62 bits per heavy atom. The summed E-state index contributed by atoms with van der Waals surface area (Å²) in [5.41, 5.74) is 0.695. The molecule has 0 spiro atoms. The van der Waals surface area contributed by atoms with Crippen molar-refractivity contribution in [3.8, 4) is 0 Å². The van der Waals surface area contributed by atoms with E-state index in [9.17, 15) is 9.59 Å². The van der Waals surface area contributed by atoms with Gasteiger partial charge in [0.25, 0.3) is 0 Å². The van der Waals surface area contributed by atoms with Gasteiger partial charge >= 0.3 is 12.1 Å². The largest absolute Gasteiger partial charge is 0.481 e. The summed E-state index contributed by atoms with van der Waals surface area (Å²) in [5.74, 6) is -0.420. The molecule has 7 heteroatoms. The maximum atomic E-state index is 11.6. The van der Waals surface area contributed by atoms with E-state index in [0.717, 1.165) is 6.42 Å². The van der Waals surface area contributed by atoms with Gasteiger partial charge in [0.15, 0.2) is 0 Å². The van der Waals surface area contributed by atoms with E-state index in [1.807, 2.05) is 6.92 Å². The first-order valence-electron chi connectivity index (χ1n) is 6.89. The number of ether oxygens (including phenoxy) is 1. The standard InChI is InChI=1S/C14H22N2O4S/c1-8(2)5-9(3)20-14(19)15-7-12-16-10(4)11(21-12)6-13(17)18/h8-9H,5-7H2,1-4H3,(H,15,19)(H,17,18). The van der Waals surface area contributed by atoms with Crippen molar-refractivity contribution in [1.82, 2.24) is 10.3 Å². The predicted octanol–water partition coefficient (Wildman–Crippen LogP) is 2.74. The van der Waals surface area contributed by atoms with Gasteiger partial charge in [-0.15, -0.1) is 11.3 Å². The Kier molecular flexibility index (Phi) is 6.61. The van der Waals surface area contributed by atoms with Gasteiger partial charge in [-0.25, -0.2) is 9.78 Å². The van der Waals surface area contributed by atoms with E-state index in [0.29, 0.717) is 21.5 Å². The fourth-order valence-electron chi connectivity index (χ4n) is 1.95. The van der Waals surface area contributed by atoms with Crippen molar-refractivity contribution in [3.05, 3.63) is 15.6 Å². The molecule has 21 heavy (non-hydrogen) atoms. The number of thiazole rings is 1. The number of carboxylic acid groups (broad SMARTS) is 1. The molecule has 1 atom stereocenters. The lowest BCUT2D eigenvalue weighted by Crippen LogP contribution is -2.28. The summed E-state index contributed by atoms with van der Waals surface area (Å²) in [5, 5.41) is 12.1. The first kappa shape index (κ1) is 17.4. The lowest BCUT2D eigenvalue weighted by Gasteiger charge is -2.15. The fraction of sp³-hybridized carbons (Fsp3) is 0.643. The Labute approximate surface area is 128 Å². The number of alkyl carbamates (subject to hydrolysis) is 1. The van der Waals surface area contributed by atoms with Gasteiger partial charge in [0, 0.05) is 4.88 Å². The minimum absolute atomic E-state index is 0.0423. The van der Waals surface area contributed by atoms with Gasteiger partial charge < -0.3 is 15.2 Å². The summed E-state index contributed by atoms with van der Waals surface area (Å²) in [6.07, 6.45) is 0.160. The average molecular weight is 314 g/mol. The van der Waals surface area contributed by atoms with Gasteiger partial charge in [-0.05, 0) is 26.2 Å². The smallest absolute Gasteiger partial charge is 0.407 e. The summed E-state index contributed by atoms with van der Waals surface area (Å²) in [4.78, 5) is 27.3. The van der Waals surface area contributed by atoms with Crippen molar-refractivity contribution in [2.24, 2.45) is 5.92 Å². The minimum atomic E-state index is -0.886. The van der Waals surface area contributed by atoms with Crippen LogP contribution in [0.3, 0.4) is 0 Å². The molecule has 0 aliphatic carbocycles. The second kappa shape index (κ2) is 7.97. The Hall–Kier alpha value is -1.63. The highest BCUT2D eigenvalue weighted by Gasteiger charge is 2.14. The molecule has 1 amide bonds. The van der Waals surface area contributed by atoms with E-state index in [-0.39, 0.29) is 19.1 Å². The molecule has 118 valence electrons. The predicted molar refractivity (Wildman–Crippen MR) is 80.4 cm³/mol. The third-order valence-electron chi connectivity index (χ3n) is 2.74. The molecule has 0 fully saturated rings. The molecule has 0 bridgehead atoms. The molecule has 1 unspecified atom stereocenters. The summed E-state index contributed by atoms with van der Waals surface area (Å²) < 4.78 is 5.22. The molecule has 1 heterocycles.